The molecule has 1 aromatic heterocycles. The van der Waals surface area contributed by atoms with Gasteiger partial charge in [-0.05, 0) is 57.1 Å². The van der Waals surface area contributed by atoms with E-state index in [0.29, 0.717) is 24.5 Å². The largest absolute Gasteiger partial charge is 0.489 e. The molecule has 1 saturated heterocycles. The van der Waals surface area contributed by atoms with E-state index in [4.69, 9.17) is 9.26 Å². The first kappa shape index (κ1) is 22.9. The first-order valence-electron chi connectivity index (χ1n) is 11.6. The number of amides is 1. The van der Waals surface area contributed by atoms with Gasteiger partial charge in [-0.3, -0.25) is 9.69 Å². The minimum absolute atomic E-state index is 0.0771. The number of nitrogens with one attached hydrogen (secondary N) is 1. The zero-order valence-electron chi connectivity index (χ0n) is 19.4. The molecule has 0 bridgehead atoms. The Morgan fingerprint density at radius 1 is 1.06 bits per heavy atom. The summed E-state index contributed by atoms with van der Waals surface area (Å²) in [5.41, 5.74) is 3.65. The van der Waals surface area contributed by atoms with Crippen LogP contribution in [0.4, 0.5) is 5.69 Å². The fraction of sp³-hybridized carbons (Fsp3) is 0.385. The van der Waals surface area contributed by atoms with Crippen molar-refractivity contribution in [1.29, 1.82) is 0 Å². The highest BCUT2D eigenvalue weighted by Gasteiger charge is 2.17. The summed E-state index contributed by atoms with van der Waals surface area (Å²) in [5.74, 6) is 1.33. The highest BCUT2D eigenvalue weighted by Crippen LogP contribution is 2.19. The lowest BCUT2D eigenvalue weighted by molar-refractivity contribution is 0.0951. The van der Waals surface area contributed by atoms with Crippen molar-refractivity contribution in [3.8, 4) is 5.75 Å². The molecule has 0 saturated carbocycles. The van der Waals surface area contributed by atoms with Crippen LogP contribution in [0.3, 0.4) is 0 Å². The van der Waals surface area contributed by atoms with Crippen molar-refractivity contribution in [3.63, 3.8) is 0 Å². The van der Waals surface area contributed by atoms with E-state index in [-0.39, 0.29) is 5.91 Å². The van der Waals surface area contributed by atoms with Gasteiger partial charge < -0.3 is 19.5 Å². The van der Waals surface area contributed by atoms with Crippen molar-refractivity contribution in [2.24, 2.45) is 0 Å². The molecule has 7 heteroatoms. The molecule has 1 aliphatic rings. The van der Waals surface area contributed by atoms with Gasteiger partial charge in [0, 0.05) is 44.0 Å². The molecule has 1 aliphatic heterocycles. The third-order valence-electron chi connectivity index (χ3n) is 6.09. The average Bonchev–Trinajstić information content (AvgIpc) is 3.18. The Kier molecular flexibility index (Phi) is 7.62. The molecule has 0 aliphatic carbocycles. The van der Waals surface area contributed by atoms with Gasteiger partial charge in [-0.1, -0.05) is 29.4 Å². The average molecular weight is 449 g/mol. The first-order chi connectivity index (χ1) is 16.1. The van der Waals surface area contributed by atoms with Gasteiger partial charge in [0.25, 0.3) is 5.91 Å². The Morgan fingerprint density at radius 3 is 2.58 bits per heavy atom. The van der Waals surface area contributed by atoms with E-state index < -0.39 is 0 Å². The Bertz CT molecular complexity index is 1020. The van der Waals surface area contributed by atoms with Crippen molar-refractivity contribution < 1.29 is 14.1 Å². The van der Waals surface area contributed by atoms with Crippen LogP contribution in [0.2, 0.25) is 0 Å². The number of hydrogen-bond acceptors (Lipinski definition) is 6. The van der Waals surface area contributed by atoms with Crippen LogP contribution in [0.15, 0.2) is 59.1 Å². The third kappa shape index (κ3) is 6.14. The number of para-hydroxylation sites is 1. The molecule has 0 unspecified atom stereocenters. The highest BCUT2D eigenvalue weighted by molar-refractivity contribution is 5.94. The monoisotopic (exact) mass is 448 g/mol. The number of anilines is 1. The Balaban J connectivity index is 1.17. The van der Waals surface area contributed by atoms with Gasteiger partial charge in [0.2, 0.25) is 0 Å². The molecule has 0 atom stereocenters. The molecule has 4 rings (SSSR count). The van der Waals surface area contributed by atoms with Crippen molar-refractivity contribution in [3.05, 3.63) is 77.2 Å². The molecule has 0 spiro atoms. The number of nitrogens with zero attached hydrogens (tertiary/aromatic N) is 3. The van der Waals surface area contributed by atoms with E-state index in [2.05, 4.69) is 50.6 Å². The number of benzene rings is 2. The van der Waals surface area contributed by atoms with Crippen LogP contribution in [0.1, 0.15) is 33.8 Å². The third-order valence-corrected chi connectivity index (χ3v) is 6.09. The van der Waals surface area contributed by atoms with Gasteiger partial charge in [0.05, 0.1) is 11.3 Å². The standard InChI is InChI=1S/C26H32N4O3/c1-20-25(21(2)33-28-20)19-32-24-11-6-8-22(18-24)26(31)27-12-7-13-29-14-16-30(17-15-29)23-9-4-3-5-10-23/h3-6,8-11,18H,7,12-17,19H2,1-2H3,(H,27,31). The molecular weight excluding hydrogens is 416 g/mol. The second-order valence-electron chi connectivity index (χ2n) is 8.39. The van der Waals surface area contributed by atoms with Crippen molar-refractivity contribution in [2.75, 3.05) is 44.2 Å². The predicted molar refractivity (Wildman–Crippen MR) is 129 cm³/mol. The fourth-order valence-electron chi connectivity index (χ4n) is 4.07. The first-order valence-corrected chi connectivity index (χ1v) is 11.6. The zero-order valence-corrected chi connectivity index (χ0v) is 19.4. The summed E-state index contributed by atoms with van der Waals surface area (Å²) < 4.78 is 11.0. The van der Waals surface area contributed by atoms with E-state index in [1.807, 2.05) is 26.0 Å². The number of hydrogen-bond donors (Lipinski definition) is 1. The van der Waals surface area contributed by atoms with Crippen LogP contribution in [-0.2, 0) is 6.61 Å². The number of carbonyl (C=O) groups is 1. The predicted octanol–water partition coefficient (Wildman–Crippen LogP) is 3.81. The van der Waals surface area contributed by atoms with Gasteiger partial charge in [-0.2, -0.15) is 0 Å². The van der Waals surface area contributed by atoms with Crippen LogP contribution in [0, 0.1) is 13.8 Å². The van der Waals surface area contributed by atoms with Crippen molar-refractivity contribution >= 4 is 11.6 Å². The van der Waals surface area contributed by atoms with Gasteiger partial charge >= 0.3 is 0 Å². The summed E-state index contributed by atoms with van der Waals surface area (Å²) in [5, 5.41) is 6.97. The molecule has 174 valence electrons. The lowest BCUT2D eigenvalue weighted by Gasteiger charge is -2.36. The summed E-state index contributed by atoms with van der Waals surface area (Å²) in [6, 6.07) is 17.8. The molecule has 0 radical (unpaired) electrons. The van der Waals surface area contributed by atoms with E-state index in [1.165, 1.54) is 5.69 Å². The smallest absolute Gasteiger partial charge is 0.251 e. The zero-order chi connectivity index (χ0) is 23.0. The summed E-state index contributed by atoms with van der Waals surface area (Å²) in [6.45, 7) is 9.94. The van der Waals surface area contributed by atoms with Crippen molar-refractivity contribution in [1.82, 2.24) is 15.4 Å². The molecule has 2 aromatic carbocycles. The van der Waals surface area contributed by atoms with E-state index in [1.54, 1.807) is 12.1 Å². The maximum Gasteiger partial charge on any atom is 0.251 e. The van der Waals surface area contributed by atoms with Gasteiger partial charge in [-0.15, -0.1) is 0 Å². The van der Waals surface area contributed by atoms with Crippen LogP contribution in [0.5, 0.6) is 5.75 Å². The molecule has 1 fully saturated rings. The second-order valence-corrected chi connectivity index (χ2v) is 8.39. The Labute approximate surface area is 195 Å². The molecule has 1 N–H and O–H groups in total. The molecule has 33 heavy (non-hydrogen) atoms. The van der Waals surface area contributed by atoms with Gasteiger partial charge in [-0.25, -0.2) is 0 Å². The lowest BCUT2D eigenvalue weighted by Crippen LogP contribution is -2.47. The summed E-state index contributed by atoms with van der Waals surface area (Å²) >= 11 is 0. The number of carbonyl (C=O) groups excluding carboxylic acids is 1. The Morgan fingerprint density at radius 2 is 1.85 bits per heavy atom. The molecular formula is C26H32N4O3. The summed E-state index contributed by atoms with van der Waals surface area (Å²) in [4.78, 5) is 17.5. The second kappa shape index (κ2) is 11.0. The van der Waals surface area contributed by atoms with Crippen LogP contribution in [0.25, 0.3) is 0 Å². The fourth-order valence-corrected chi connectivity index (χ4v) is 4.07. The van der Waals surface area contributed by atoms with Crippen LogP contribution in [-0.4, -0.2) is 55.2 Å². The maximum absolute atomic E-state index is 12.6. The topological polar surface area (TPSA) is 70.8 Å². The van der Waals surface area contributed by atoms with Crippen LogP contribution < -0.4 is 15.0 Å². The number of piperazine rings is 1. The molecule has 3 aromatic rings. The number of rotatable bonds is 9. The normalized spacial score (nSPS) is 14.3. The summed E-state index contributed by atoms with van der Waals surface area (Å²) in [6.07, 6.45) is 0.930. The quantitative estimate of drug-likeness (QED) is 0.502. The van der Waals surface area contributed by atoms with Crippen LogP contribution >= 0.6 is 0 Å². The number of aromatic nitrogens is 1. The summed E-state index contributed by atoms with van der Waals surface area (Å²) in [7, 11) is 0. The minimum Gasteiger partial charge on any atom is -0.489 e. The molecule has 2 heterocycles. The van der Waals surface area contributed by atoms with E-state index >= 15 is 0 Å². The SMILES string of the molecule is Cc1noc(C)c1COc1cccc(C(=O)NCCCN2CCN(c3ccccc3)CC2)c1. The number of ether oxygens (including phenoxy) is 1. The van der Waals surface area contributed by atoms with Crippen molar-refractivity contribution in [2.45, 2.75) is 26.9 Å². The Hall–Kier alpha value is -3.32. The van der Waals surface area contributed by atoms with Gasteiger partial charge in [0.15, 0.2) is 0 Å². The minimum atomic E-state index is -0.0771. The van der Waals surface area contributed by atoms with Gasteiger partial charge in [0.1, 0.15) is 18.1 Å². The number of aryl methyl sites for hydroxylation is 2. The lowest BCUT2D eigenvalue weighted by atomic mass is 10.2. The highest BCUT2D eigenvalue weighted by atomic mass is 16.5. The molecule has 1 amide bonds. The molecule has 7 nitrogen and oxygen atoms in total. The van der Waals surface area contributed by atoms with E-state index in [9.17, 15) is 4.79 Å². The maximum atomic E-state index is 12.6. The van der Waals surface area contributed by atoms with E-state index in [0.717, 1.165) is 56.2 Å².